The van der Waals surface area contributed by atoms with Crippen molar-refractivity contribution in [1.29, 1.82) is 0 Å². The highest BCUT2D eigenvalue weighted by Gasteiger charge is 2.25. The van der Waals surface area contributed by atoms with Gasteiger partial charge in [-0.3, -0.25) is 0 Å². The highest BCUT2D eigenvalue weighted by molar-refractivity contribution is 4.82. The third kappa shape index (κ3) is 8.29. The van der Waals surface area contributed by atoms with Gasteiger partial charge in [-0.1, -0.05) is 84.5 Å². The first-order valence-electron chi connectivity index (χ1n) is 9.61. The molecule has 0 radical (unpaired) electrons. The summed E-state index contributed by atoms with van der Waals surface area (Å²) in [5.41, 5.74) is 0. The van der Waals surface area contributed by atoms with E-state index in [-0.39, 0.29) is 0 Å². The fourth-order valence-electron chi connectivity index (χ4n) is 3.46. The molecule has 1 aliphatic rings. The Balaban J connectivity index is 1.85. The van der Waals surface area contributed by atoms with Crippen LogP contribution in [0.4, 0.5) is 0 Å². The van der Waals surface area contributed by atoms with E-state index in [1.54, 1.807) is 0 Å². The van der Waals surface area contributed by atoms with Gasteiger partial charge in [0.05, 0.1) is 0 Å². The molecule has 0 aliphatic heterocycles. The van der Waals surface area contributed by atoms with Crippen LogP contribution in [0.15, 0.2) is 0 Å². The molecular weight excluding hydrogens is 242 g/mol. The molecule has 0 spiro atoms. The van der Waals surface area contributed by atoms with E-state index in [1.807, 2.05) is 0 Å². The van der Waals surface area contributed by atoms with E-state index in [1.165, 1.54) is 89.9 Å². The second kappa shape index (κ2) is 12.7. The van der Waals surface area contributed by atoms with Crippen LogP contribution in [0.5, 0.6) is 0 Å². The molecule has 0 aromatic carbocycles. The maximum atomic E-state index is 3.72. The highest BCUT2D eigenvalue weighted by atomic mass is 14.9. The van der Waals surface area contributed by atoms with Crippen LogP contribution in [-0.2, 0) is 0 Å². The molecule has 1 N–H and O–H groups in total. The molecule has 0 amide bonds. The summed E-state index contributed by atoms with van der Waals surface area (Å²) in [6, 6.07) is 0.836. The van der Waals surface area contributed by atoms with Crippen LogP contribution in [0.1, 0.15) is 104 Å². The molecule has 0 saturated heterocycles. The number of hydrogen-bond acceptors (Lipinski definition) is 1. The Morgan fingerprint density at radius 1 is 0.800 bits per heavy atom. The average Bonchev–Trinajstić information content (AvgIpc) is 2.39. The Bertz CT molecular complexity index is 198. The van der Waals surface area contributed by atoms with Crippen molar-refractivity contribution in [2.24, 2.45) is 5.92 Å². The lowest BCUT2D eigenvalue weighted by Gasteiger charge is -2.34. The van der Waals surface area contributed by atoms with Crippen molar-refractivity contribution in [2.75, 3.05) is 6.54 Å². The molecule has 1 fully saturated rings. The molecule has 1 unspecified atom stereocenters. The van der Waals surface area contributed by atoms with E-state index < -0.39 is 0 Å². The molecular formula is C19H39N. The maximum absolute atomic E-state index is 3.72. The Hall–Kier alpha value is -0.0400. The van der Waals surface area contributed by atoms with Gasteiger partial charge in [-0.25, -0.2) is 0 Å². The predicted molar refractivity (Wildman–Crippen MR) is 91.3 cm³/mol. The molecule has 1 saturated carbocycles. The van der Waals surface area contributed by atoms with Crippen molar-refractivity contribution in [3.63, 3.8) is 0 Å². The molecule has 120 valence electrons. The van der Waals surface area contributed by atoms with E-state index in [4.69, 9.17) is 0 Å². The molecule has 0 heterocycles. The molecule has 1 nitrogen and oxygen atoms in total. The summed E-state index contributed by atoms with van der Waals surface area (Å²) in [4.78, 5) is 0. The molecule has 1 aliphatic carbocycles. The van der Waals surface area contributed by atoms with Gasteiger partial charge in [0, 0.05) is 6.04 Å². The summed E-state index contributed by atoms with van der Waals surface area (Å²) in [6.07, 6.45) is 20.4. The minimum Gasteiger partial charge on any atom is -0.314 e. The molecule has 0 bridgehead atoms. The summed E-state index contributed by atoms with van der Waals surface area (Å²) >= 11 is 0. The normalized spacial score (nSPS) is 17.1. The number of rotatable bonds is 14. The van der Waals surface area contributed by atoms with Crippen LogP contribution >= 0.6 is 0 Å². The fraction of sp³-hybridized carbons (Fsp3) is 1.00. The van der Waals surface area contributed by atoms with E-state index >= 15 is 0 Å². The van der Waals surface area contributed by atoms with Crippen molar-refractivity contribution in [1.82, 2.24) is 5.32 Å². The van der Waals surface area contributed by atoms with Gasteiger partial charge in [0.2, 0.25) is 0 Å². The second-order valence-electron chi connectivity index (χ2n) is 6.83. The molecule has 20 heavy (non-hydrogen) atoms. The van der Waals surface area contributed by atoms with Gasteiger partial charge >= 0.3 is 0 Å². The summed E-state index contributed by atoms with van der Waals surface area (Å²) in [6.45, 7) is 5.70. The first-order valence-corrected chi connectivity index (χ1v) is 9.61. The maximum Gasteiger partial charge on any atom is 0.00952 e. The minimum absolute atomic E-state index is 0.836. The Kier molecular flexibility index (Phi) is 11.4. The first-order chi connectivity index (χ1) is 9.88. The van der Waals surface area contributed by atoms with Crippen molar-refractivity contribution < 1.29 is 0 Å². The summed E-state index contributed by atoms with van der Waals surface area (Å²) in [5, 5.41) is 3.72. The first kappa shape index (κ1) is 18.0. The van der Waals surface area contributed by atoms with Gasteiger partial charge in [-0.05, 0) is 31.7 Å². The van der Waals surface area contributed by atoms with E-state index in [9.17, 15) is 0 Å². The largest absolute Gasteiger partial charge is 0.314 e. The van der Waals surface area contributed by atoms with Gasteiger partial charge in [-0.15, -0.1) is 0 Å². The number of hydrogen-bond donors (Lipinski definition) is 1. The summed E-state index contributed by atoms with van der Waals surface area (Å²) in [5.74, 6) is 1.01. The lowest BCUT2D eigenvalue weighted by Crippen LogP contribution is -2.39. The number of nitrogens with one attached hydrogen (secondary N) is 1. The minimum atomic E-state index is 0.836. The topological polar surface area (TPSA) is 12.0 Å². The van der Waals surface area contributed by atoms with E-state index in [0.717, 1.165) is 18.5 Å². The smallest absolute Gasteiger partial charge is 0.00952 e. The molecule has 1 heteroatoms. The van der Waals surface area contributed by atoms with Crippen molar-refractivity contribution in [3.8, 4) is 0 Å². The van der Waals surface area contributed by atoms with Crippen LogP contribution in [0, 0.1) is 5.92 Å². The lowest BCUT2D eigenvalue weighted by atomic mass is 9.78. The highest BCUT2D eigenvalue weighted by Crippen LogP contribution is 2.31. The molecule has 1 rings (SSSR count). The van der Waals surface area contributed by atoms with Gasteiger partial charge < -0.3 is 5.32 Å². The van der Waals surface area contributed by atoms with Gasteiger partial charge in [0.25, 0.3) is 0 Å². The predicted octanol–water partition coefficient (Wildman–Crippen LogP) is 6.08. The zero-order chi connectivity index (χ0) is 14.5. The third-order valence-corrected chi connectivity index (χ3v) is 5.05. The Morgan fingerprint density at radius 3 is 1.80 bits per heavy atom. The van der Waals surface area contributed by atoms with Gasteiger partial charge in [0.1, 0.15) is 0 Å². The second-order valence-corrected chi connectivity index (χ2v) is 6.83. The standard InChI is InChI=1S/C19H39N/c1-3-5-6-7-8-9-10-11-12-13-17-19(20-4-2)18-15-14-16-18/h18-20H,3-17H2,1-2H3. The fourth-order valence-corrected chi connectivity index (χ4v) is 3.46. The summed E-state index contributed by atoms with van der Waals surface area (Å²) < 4.78 is 0. The zero-order valence-corrected chi connectivity index (χ0v) is 14.3. The summed E-state index contributed by atoms with van der Waals surface area (Å²) in [7, 11) is 0. The Morgan fingerprint density at radius 2 is 1.35 bits per heavy atom. The van der Waals surface area contributed by atoms with Crippen LogP contribution in [0.3, 0.4) is 0 Å². The van der Waals surface area contributed by atoms with Crippen molar-refractivity contribution in [3.05, 3.63) is 0 Å². The van der Waals surface area contributed by atoms with Crippen LogP contribution in [-0.4, -0.2) is 12.6 Å². The van der Waals surface area contributed by atoms with Crippen LogP contribution < -0.4 is 5.32 Å². The van der Waals surface area contributed by atoms with Crippen molar-refractivity contribution >= 4 is 0 Å². The van der Waals surface area contributed by atoms with Crippen LogP contribution in [0.2, 0.25) is 0 Å². The van der Waals surface area contributed by atoms with Crippen LogP contribution in [0.25, 0.3) is 0 Å². The lowest BCUT2D eigenvalue weighted by molar-refractivity contribution is 0.218. The van der Waals surface area contributed by atoms with Crippen molar-refractivity contribution in [2.45, 2.75) is 110 Å². The van der Waals surface area contributed by atoms with E-state index in [2.05, 4.69) is 19.2 Å². The molecule has 0 aromatic heterocycles. The quantitative estimate of drug-likeness (QED) is 0.381. The third-order valence-electron chi connectivity index (χ3n) is 5.05. The van der Waals surface area contributed by atoms with Gasteiger partial charge in [-0.2, -0.15) is 0 Å². The average molecular weight is 282 g/mol. The van der Waals surface area contributed by atoms with E-state index in [0.29, 0.717) is 0 Å². The SMILES string of the molecule is CCCCCCCCCCCCC(NCC)C1CCC1. The Labute approximate surface area is 128 Å². The molecule has 1 atom stereocenters. The van der Waals surface area contributed by atoms with Gasteiger partial charge in [0.15, 0.2) is 0 Å². The monoisotopic (exact) mass is 281 g/mol. The number of unbranched alkanes of at least 4 members (excludes halogenated alkanes) is 9. The molecule has 0 aromatic rings. The zero-order valence-electron chi connectivity index (χ0n) is 14.3.